The van der Waals surface area contributed by atoms with Crippen LogP contribution >= 0.6 is 11.6 Å². The molecule has 0 amide bonds. The Morgan fingerprint density at radius 1 is 1.40 bits per heavy atom. The molecule has 0 saturated carbocycles. The Morgan fingerprint density at radius 2 is 2.07 bits per heavy atom. The molecule has 3 heteroatoms. The average Bonchev–Trinajstić information content (AvgIpc) is 2.16. The molecule has 0 aliphatic heterocycles. The molecule has 0 aliphatic carbocycles. The van der Waals surface area contributed by atoms with E-state index >= 15 is 0 Å². The van der Waals surface area contributed by atoms with Crippen LogP contribution in [0.5, 0.6) is 0 Å². The Morgan fingerprint density at radius 3 is 2.60 bits per heavy atom. The van der Waals surface area contributed by atoms with Crippen LogP contribution in [-0.4, -0.2) is 17.3 Å². The zero-order valence-electron chi connectivity index (χ0n) is 9.47. The lowest BCUT2D eigenvalue weighted by molar-refractivity contribution is 0.187. The third-order valence-corrected chi connectivity index (χ3v) is 2.71. The van der Waals surface area contributed by atoms with Crippen molar-refractivity contribution < 1.29 is 5.11 Å². The van der Waals surface area contributed by atoms with E-state index < -0.39 is 0 Å². The Balaban J connectivity index is 2.66. The van der Waals surface area contributed by atoms with Crippen LogP contribution in [-0.2, 0) is 6.54 Å². The molecule has 2 nitrogen and oxygen atoms in total. The van der Waals surface area contributed by atoms with E-state index in [-0.39, 0.29) is 12.1 Å². The molecule has 0 heterocycles. The second-order valence-corrected chi connectivity index (χ2v) is 4.90. The van der Waals surface area contributed by atoms with Gasteiger partial charge in [-0.25, -0.2) is 0 Å². The predicted molar refractivity (Wildman–Crippen MR) is 64.2 cm³/mol. The summed E-state index contributed by atoms with van der Waals surface area (Å²) in [6.45, 7) is 6.70. The van der Waals surface area contributed by atoms with Gasteiger partial charge in [-0.2, -0.15) is 0 Å². The summed E-state index contributed by atoms with van der Waals surface area (Å²) in [5, 5.41) is 13.1. The van der Waals surface area contributed by atoms with Gasteiger partial charge in [0.2, 0.25) is 0 Å². The predicted octanol–water partition coefficient (Wildman–Crippen LogP) is 2.51. The molecule has 1 rings (SSSR count). The first kappa shape index (κ1) is 12.5. The quantitative estimate of drug-likeness (QED) is 0.829. The Labute approximate surface area is 96.3 Å². The van der Waals surface area contributed by atoms with Crippen LogP contribution in [0.25, 0.3) is 0 Å². The molecule has 0 spiro atoms. The lowest BCUT2D eigenvalue weighted by Crippen LogP contribution is -2.42. The second kappa shape index (κ2) is 4.97. The maximum absolute atomic E-state index is 9.09. The van der Waals surface area contributed by atoms with Gasteiger partial charge >= 0.3 is 0 Å². The van der Waals surface area contributed by atoms with E-state index in [0.717, 1.165) is 16.1 Å². The van der Waals surface area contributed by atoms with Crippen molar-refractivity contribution in [1.29, 1.82) is 0 Å². The van der Waals surface area contributed by atoms with Crippen LogP contribution in [0.3, 0.4) is 0 Å². The largest absolute Gasteiger partial charge is 0.394 e. The molecule has 1 aromatic rings. The highest BCUT2D eigenvalue weighted by Gasteiger charge is 2.15. The minimum absolute atomic E-state index is 0.108. The van der Waals surface area contributed by atoms with E-state index in [0.29, 0.717) is 6.54 Å². The lowest BCUT2D eigenvalue weighted by atomic mass is 10.1. The molecule has 0 unspecified atom stereocenters. The summed E-state index contributed by atoms with van der Waals surface area (Å²) in [5.74, 6) is 0. The van der Waals surface area contributed by atoms with Crippen molar-refractivity contribution in [3.8, 4) is 0 Å². The van der Waals surface area contributed by atoms with E-state index in [2.05, 4.69) is 5.32 Å². The van der Waals surface area contributed by atoms with Crippen molar-refractivity contribution in [2.24, 2.45) is 0 Å². The van der Waals surface area contributed by atoms with Crippen LogP contribution in [0.4, 0.5) is 0 Å². The van der Waals surface area contributed by atoms with Crippen molar-refractivity contribution in [2.45, 2.75) is 32.9 Å². The van der Waals surface area contributed by atoms with E-state index in [4.69, 9.17) is 16.7 Å². The molecule has 0 aliphatic rings. The van der Waals surface area contributed by atoms with Gasteiger partial charge in [0.05, 0.1) is 6.61 Å². The van der Waals surface area contributed by atoms with Crippen LogP contribution in [0.1, 0.15) is 25.0 Å². The molecular formula is C12H18ClNO. The van der Waals surface area contributed by atoms with Crippen molar-refractivity contribution >= 4 is 11.6 Å². The molecule has 0 aromatic heterocycles. The van der Waals surface area contributed by atoms with Gasteiger partial charge in [0.15, 0.2) is 0 Å². The topological polar surface area (TPSA) is 32.3 Å². The summed E-state index contributed by atoms with van der Waals surface area (Å²) in [4.78, 5) is 0. The highest BCUT2D eigenvalue weighted by Crippen LogP contribution is 2.18. The van der Waals surface area contributed by atoms with Crippen molar-refractivity contribution in [1.82, 2.24) is 5.32 Å². The van der Waals surface area contributed by atoms with Crippen LogP contribution in [0.2, 0.25) is 5.02 Å². The van der Waals surface area contributed by atoms with Gasteiger partial charge in [0, 0.05) is 17.1 Å². The smallest absolute Gasteiger partial charge is 0.0607 e. The number of rotatable bonds is 4. The molecule has 0 radical (unpaired) electrons. The van der Waals surface area contributed by atoms with E-state index in [1.165, 1.54) is 0 Å². The second-order valence-electron chi connectivity index (χ2n) is 4.49. The third kappa shape index (κ3) is 3.82. The van der Waals surface area contributed by atoms with E-state index in [1.807, 2.05) is 39.0 Å². The third-order valence-electron chi connectivity index (χ3n) is 2.36. The van der Waals surface area contributed by atoms with Gasteiger partial charge in [-0.05, 0) is 38.0 Å². The van der Waals surface area contributed by atoms with Gasteiger partial charge < -0.3 is 10.4 Å². The summed E-state index contributed by atoms with van der Waals surface area (Å²) in [7, 11) is 0. The normalized spacial score (nSPS) is 11.8. The number of nitrogens with one attached hydrogen (secondary N) is 1. The fraction of sp³-hybridized carbons (Fsp3) is 0.500. The Hall–Kier alpha value is -0.570. The molecule has 1 aromatic carbocycles. The van der Waals surface area contributed by atoms with Gasteiger partial charge in [0.1, 0.15) is 0 Å². The summed E-state index contributed by atoms with van der Waals surface area (Å²) >= 11 is 6.10. The number of halogens is 1. The minimum Gasteiger partial charge on any atom is -0.394 e. The molecule has 0 bridgehead atoms. The number of hydrogen-bond donors (Lipinski definition) is 2. The monoisotopic (exact) mass is 227 g/mol. The molecular weight excluding hydrogens is 210 g/mol. The minimum atomic E-state index is -0.270. The maximum atomic E-state index is 9.09. The van der Waals surface area contributed by atoms with Crippen molar-refractivity contribution in [2.75, 3.05) is 6.61 Å². The van der Waals surface area contributed by atoms with E-state index in [9.17, 15) is 0 Å². The first-order chi connectivity index (χ1) is 6.94. The van der Waals surface area contributed by atoms with Gasteiger partial charge in [-0.15, -0.1) is 0 Å². The fourth-order valence-corrected chi connectivity index (χ4v) is 1.49. The fourth-order valence-electron chi connectivity index (χ4n) is 1.19. The number of aliphatic hydroxyl groups is 1. The number of benzene rings is 1. The Kier molecular flexibility index (Phi) is 4.14. The first-order valence-corrected chi connectivity index (χ1v) is 5.43. The zero-order valence-corrected chi connectivity index (χ0v) is 10.2. The molecule has 15 heavy (non-hydrogen) atoms. The SMILES string of the molecule is Cc1ccc(CNC(C)(C)CO)c(Cl)c1. The number of aryl methyl sites for hydroxylation is 1. The van der Waals surface area contributed by atoms with E-state index in [1.54, 1.807) is 0 Å². The summed E-state index contributed by atoms with van der Waals surface area (Å²) in [6.07, 6.45) is 0. The van der Waals surface area contributed by atoms with Crippen molar-refractivity contribution in [3.63, 3.8) is 0 Å². The van der Waals surface area contributed by atoms with Crippen LogP contribution in [0, 0.1) is 6.92 Å². The van der Waals surface area contributed by atoms with Crippen molar-refractivity contribution in [3.05, 3.63) is 34.3 Å². The zero-order chi connectivity index (χ0) is 11.5. The standard InChI is InChI=1S/C12H18ClNO/c1-9-4-5-10(11(13)6-9)7-14-12(2,3)8-15/h4-6,14-15H,7-8H2,1-3H3. The maximum Gasteiger partial charge on any atom is 0.0607 e. The first-order valence-electron chi connectivity index (χ1n) is 5.05. The van der Waals surface area contributed by atoms with Gasteiger partial charge in [-0.1, -0.05) is 23.7 Å². The summed E-state index contributed by atoms with van der Waals surface area (Å²) in [5.41, 5.74) is 1.95. The number of aliphatic hydroxyl groups excluding tert-OH is 1. The summed E-state index contributed by atoms with van der Waals surface area (Å²) in [6, 6.07) is 6.00. The van der Waals surface area contributed by atoms with Crippen LogP contribution < -0.4 is 5.32 Å². The Bertz CT molecular complexity index is 336. The molecule has 0 saturated heterocycles. The highest BCUT2D eigenvalue weighted by atomic mass is 35.5. The summed E-state index contributed by atoms with van der Waals surface area (Å²) < 4.78 is 0. The highest BCUT2D eigenvalue weighted by molar-refractivity contribution is 6.31. The van der Waals surface area contributed by atoms with Gasteiger partial charge in [0.25, 0.3) is 0 Å². The molecule has 0 fully saturated rings. The molecule has 0 atom stereocenters. The lowest BCUT2D eigenvalue weighted by Gasteiger charge is -2.23. The van der Waals surface area contributed by atoms with Gasteiger partial charge in [-0.3, -0.25) is 0 Å². The molecule has 2 N–H and O–H groups in total. The molecule has 84 valence electrons. The van der Waals surface area contributed by atoms with Crippen LogP contribution in [0.15, 0.2) is 18.2 Å². The number of hydrogen-bond acceptors (Lipinski definition) is 2. The average molecular weight is 228 g/mol.